The second-order valence-corrected chi connectivity index (χ2v) is 23.3. The van der Waals surface area contributed by atoms with Crippen molar-refractivity contribution in [2.45, 2.75) is 152 Å². The molecule has 1 fully saturated rings. The Hall–Kier alpha value is -9.50. The first-order valence-electron chi connectivity index (χ1n) is 30.9. The topological polar surface area (TPSA) is 461 Å². The van der Waals surface area contributed by atoms with Crippen LogP contribution >= 0.6 is 0 Å². The summed E-state index contributed by atoms with van der Waals surface area (Å²) in [5, 5.41) is 25.3. The van der Waals surface area contributed by atoms with Crippen LogP contribution in [0.3, 0.4) is 0 Å². The van der Waals surface area contributed by atoms with Crippen LogP contribution in [0.1, 0.15) is 101 Å². The fourth-order valence-electron chi connectivity index (χ4n) is 11.1. The van der Waals surface area contributed by atoms with E-state index < -0.39 is 95.6 Å². The first-order chi connectivity index (χ1) is 43.3. The molecule has 8 atom stereocenters. The fourth-order valence-corrected chi connectivity index (χ4v) is 11.1. The molecule has 3 aromatic carbocycles. The van der Waals surface area contributed by atoms with Crippen LogP contribution in [0.15, 0.2) is 101 Å². The summed E-state index contributed by atoms with van der Waals surface area (Å²) < 4.78 is 0. The second kappa shape index (κ2) is 33.7. The predicted molar refractivity (Wildman–Crippen MR) is 347 cm³/mol. The van der Waals surface area contributed by atoms with Gasteiger partial charge in [0.25, 0.3) is 0 Å². The van der Waals surface area contributed by atoms with Gasteiger partial charge in [-0.25, -0.2) is 0 Å². The number of H-pyrrole nitrogens is 3. The van der Waals surface area contributed by atoms with Gasteiger partial charge in [-0.15, -0.1) is 0 Å². The molecule has 0 radical (unpaired) electrons. The van der Waals surface area contributed by atoms with E-state index in [2.05, 4.69) is 67.5 Å². The molecule has 27 heteroatoms. The van der Waals surface area contributed by atoms with Crippen molar-refractivity contribution < 1.29 is 38.4 Å². The lowest BCUT2D eigenvalue weighted by Gasteiger charge is -2.29. The van der Waals surface area contributed by atoms with Gasteiger partial charge < -0.3 is 91.9 Å². The zero-order valence-electron chi connectivity index (χ0n) is 51.2. The van der Waals surface area contributed by atoms with E-state index in [4.69, 9.17) is 34.4 Å². The number of nitrogens with one attached hydrogen (secondary N) is 11. The van der Waals surface area contributed by atoms with Gasteiger partial charge in [-0.2, -0.15) is 0 Å². The molecule has 1 aliphatic rings. The maximum absolute atomic E-state index is 15.3. The highest BCUT2D eigenvalue weighted by Gasteiger charge is 2.37. The number of carbonyl (C=O) groups is 8. The van der Waals surface area contributed by atoms with E-state index in [9.17, 15) is 14.4 Å². The Morgan fingerprint density at radius 1 is 0.378 bits per heavy atom. The first kappa shape index (κ1) is 68.0. The second-order valence-electron chi connectivity index (χ2n) is 23.3. The Labute approximate surface area is 522 Å². The third kappa shape index (κ3) is 19.8. The monoisotopic (exact) mass is 1240 g/mol. The van der Waals surface area contributed by atoms with Gasteiger partial charge in [-0.1, -0.05) is 68.4 Å². The third-order valence-electron chi connectivity index (χ3n) is 15.9. The highest BCUT2D eigenvalue weighted by atomic mass is 16.2. The molecule has 0 unspecified atom stereocenters. The highest BCUT2D eigenvalue weighted by molar-refractivity contribution is 6.00. The number of para-hydroxylation sites is 3. The predicted octanol–water partition coefficient (Wildman–Crippen LogP) is 0.462. The van der Waals surface area contributed by atoms with Crippen molar-refractivity contribution in [1.82, 2.24) is 57.5 Å². The van der Waals surface area contributed by atoms with Gasteiger partial charge in [0.2, 0.25) is 47.3 Å². The van der Waals surface area contributed by atoms with E-state index in [0.29, 0.717) is 42.4 Å². The number of aromatic nitrogens is 3. The summed E-state index contributed by atoms with van der Waals surface area (Å²) in [7, 11) is 0. The quantitative estimate of drug-likeness (QED) is 0.0223. The molecule has 0 aliphatic carbocycles. The number of rotatable bonds is 24. The number of benzene rings is 3. The van der Waals surface area contributed by atoms with Crippen LogP contribution < -0.4 is 76.9 Å². The Morgan fingerprint density at radius 3 is 0.944 bits per heavy atom. The van der Waals surface area contributed by atoms with Crippen LogP contribution in [0.25, 0.3) is 32.7 Å². The Kier molecular flexibility index (Phi) is 25.5. The number of hydrogen-bond acceptors (Lipinski definition) is 12. The molecule has 90 heavy (non-hydrogen) atoms. The number of amides is 8. The molecule has 484 valence electrons. The van der Waals surface area contributed by atoms with E-state index in [1.165, 1.54) is 0 Å². The van der Waals surface area contributed by atoms with E-state index in [1.807, 2.05) is 86.6 Å². The van der Waals surface area contributed by atoms with Crippen LogP contribution in [-0.2, 0) is 57.6 Å². The molecule has 3 aromatic heterocycles. The smallest absolute Gasteiger partial charge is 0.243 e. The van der Waals surface area contributed by atoms with E-state index in [0.717, 1.165) is 32.7 Å². The Balaban J connectivity index is 1.35. The zero-order chi connectivity index (χ0) is 64.7. The molecule has 6 aromatic rings. The number of fused-ring (bicyclic) bond motifs is 3. The highest BCUT2D eigenvalue weighted by Crippen LogP contribution is 2.24. The van der Waals surface area contributed by atoms with E-state index >= 15 is 24.0 Å². The van der Waals surface area contributed by atoms with Gasteiger partial charge in [-0.3, -0.25) is 48.3 Å². The average Bonchev–Trinajstić information content (AvgIpc) is 1.75. The van der Waals surface area contributed by atoms with E-state index in [1.54, 1.807) is 18.6 Å². The van der Waals surface area contributed by atoms with Crippen molar-refractivity contribution in [2.75, 3.05) is 26.2 Å². The van der Waals surface area contributed by atoms with Gasteiger partial charge in [-0.05, 0) is 125 Å². The Morgan fingerprint density at radius 2 is 0.644 bits per heavy atom. The van der Waals surface area contributed by atoms with Crippen LogP contribution in [-0.4, -0.2) is 149 Å². The molecule has 1 aliphatic heterocycles. The summed E-state index contributed by atoms with van der Waals surface area (Å²) in [4.78, 5) is 138. The van der Waals surface area contributed by atoms with Crippen LogP contribution in [0.2, 0.25) is 0 Å². The number of nitrogens with zero attached hydrogens (tertiary/aromatic N) is 2. The van der Waals surface area contributed by atoms with Crippen molar-refractivity contribution in [1.29, 1.82) is 0 Å². The molecular formula is C63H89N19O8. The van der Waals surface area contributed by atoms with Crippen molar-refractivity contribution in [2.24, 2.45) is 50.3 Å². The summed E-state index contributed by atoms with van der Waals surface area (Å²) >= 11 is 0. The van der Waals surface area contributed by atoms with Crippen molar-refractivity contribution in [3.8, 4) is 0 Å². The maximum Gasteiger partial charge on any atom is 0.243 e. The summed E-state index contributed by atoms with van der Waals surface area (Å²) in [5.74, 6) is -6.74. The average molecular weight is 1240 g/mol. The number of hydrogen-bond donors (Lipinski definition) is 17. The van der Waals surface area contributed by atoms with Gasteiger partial charge in [0.1, 0.15) is 48.3 Å². The van der Waals surface area contributed by atoms with E-state index in [-0.39, 0.29) is 108 Å². The summed E-state index contributed by atoms with van der Waals surface area (Å²) in [6.07, 6.45) is 6.92. The third-order valence-corrected chi connectivity index (χ3v) is 15.9. The minimum Gasteiger partial charge on any atom is -0.370 e. The molecule has 0 spiro atoms. The summed E-state index contributed by atoms with van der Waals surface area (Å²) in [5.41, 5.74) is 38.7. The number of aliphatic imine (C=N–C) groups is 2. The van der Waals surface area contributed by atoms with Gasteiger partial charge in [0.15, 0.2) is 11.9 Å². The molecule has 4 heterocycles. The SMILES string of the molecule is CC(C)C[C@@H]1NC(=O)[C@H](Cc2c[nH]c3ccccc23)NC(=O)[C@H](Cc2c[nH]c3ccccc23)NC(=O)[C@H](CCCCN)NC(=O)[C@H](CCCN=C(N)N)NC(=O)[C@H](CCCCN)NC(=O)[C@H](CCCN=C(N)N)NC(=O)[C@H](Cc2c[nH]c3ccccc23)NC1=O. The molecule has 0 bridgehead atoms. The molecule has 1 saturated heterocycles. The minimum absolute atomic E-state index is 0.0423. The molecule has 0 saturated carbocycles. The van der Waals surface area contributed by atoms with Crippen molar-refractivity contribution >= 4 is 91.9 Å². The number of carbonyl (C=O) groups excluding carboxylic acids is 8. The molecular weight excluding hydrogens is 1150 g/mol. The van der Waals surface area contributed by atoms with Crippen molar-refractivity contribution in [3.63, 3.8) is 0 Å². The zero-order valence-corrected chi connectivity index (χ0v) is 51.2. The standard InChI is InChI=1S/C63H89N19O8/c1-36(2)29-50-58(87)81-51(30-37-33-72-43-18-6-3-15-40(37)43)59(88)78-49(24-14-28-71-63(68)69)56(85)75-46(21-9-11-25-64)54(83)77-48(23-13-27-70-62(66)67)55(84)76-47(22-10-12-26-65)57(86)80-52(31-38-34-73-44-19-7-4-16-41(38)44)61(90)82-53(60(89)79-50)32-39-35-74-45-20-8-5-17-42(39)45/h3-8,15-20,33-36,46-53,72-74H,9-14,21-32,64-65H2,1-2H3,(H,75,85)(H,76,84)(H,77,83)(H,78,88)(H,79,89)(H,80,86)(H,81,87)(H,82,90)(H4,66,67,70)(H4,68,69,71)/t46-,47-,48-,49-,50-,51-,52-,53-/m0/s1. The summed E-state index contributed by atoms with van der Waals surface area (Å²) in [6, 6.07) is 11.4. The molecule has 27 nitrogen and oxygen atoms in total. The normalized spacial score (nSPS) is 21.3. The number of aromatic amines is 3. The van der Waals surface area contributed by atoms with Crippen molar-refractivity contribution in [3.05, 3.63) is 108 Å². The lowest BCUT2D eigenvalue weighted by atomic mass is 9.98. The van der Waals surface area contributed by atoms with Crippen LogP contribution in [0, 0.1) is 5.92 Å². The lowest BCUT2D eigenvalue weighted by Crippen LogP contribution is -2.62. The maximum atomic E-state index is 15.3. The molecule has 23 N–H and O–H groups in total. The lowest BCUT2D eigenvalue weighted by molar-refractivity contribution is -0.137. The first-order valence-corrected chi connectivity index (χ1v) is 30.9. The Bertz CT molecular complexity index is 3470. The van der Waals surface area contributed by atoms with Gasteiger partial charge in [0, 0.05) is 83.7 Å². The number of unbranched alkanes of at least 4 members (excludes halogenated alkanes) is 2. The number of guanidine groups is 2. The number of nitrogens with two attached hydrogens (primary N) is 6. The minimum atomic E-state index is -1.39. The summed E-state index contributed by atoms with van der Waals surface area (Å²) in [6.45, 7) is 4.37. The van der Waals surface area contributed by atoms with Crippen LogP contribution in [0.5, 0.6) is 0 Å². The largest absolute Gasteiger partial charge is 0.370 e. The molecule has 7 rings (SSSR count). The van der Waals surface area contributed by atoms with Crippen LogP contribution in [0.4, 0.5) is 0 Å². The van der Waals surface area contributed by atoms with Gasteiger partial charge >= 0.3 is 0 Å². The fraction of sp³-hybridized carbons (Fsp3) is 0.460. The molecule has 8 amide bonds. The van der Waals surface area contributed by atoms with Gasteiger partial charge in [0.05, 0.1) is 0 Å².